The lowest BCUT2D eigenvalue weighted by Gasteiger charge is -2.20. The van der Waals surface area contributed by atoms with Gasteiger partial charge < -0.3 is 10.1 Å². The first-order valence-electron chi connectivity index (χ1n) is 10.3. The van der Waals surface area contributed by atoms with Gasteiger partial charge in [0.15, 0.2) is 5.82 Å². The summed E-state index contributed by atoms with van der Waals surface area (Å²) in [5.41, 5.74) is 4.09. The number of amides is 2. The highest BCUT2D eigenvalue weighted by atomic mass is 16.5. The molecule has 0 fully saturated rings. The fraction of sp³-hybridized carbons (Fsp3) is 0.200. The molecule has 0 saturated carbocycles. The molecule has 7 heteroatoms. The van der Waals surface area contributed by atoms with E-state index in [9.17, 15) is 9.59 Å². The Bertz CT molecular complexity index is 1170. The van der Waals surface area contributed by atoms with Gasteiger partial charge in [-0.1, -0.05) is 42.0 Å². The Morgan fingerprint density at radius 2 is 1.94 bits per heavy atom. The number of carbonyl (C=O) groups excluding carboxylic acids is 2. The number of aromatic nitrogens is 1. The topological polar surface area (TPSA) is 83.9 Å². The number of hydrogen-bond acceptors (Lipinski definition) is 5. The van der Waals surface area contributed by atoms with Gasteiger partial charge in [-0.3, -0.25) is 14.5 Å². The zero-order chi connectivity index (χ0) is 22.5. The van der Waals surface area contributed by atoms with Crippen molar-refractivity contribution in [3.05, 3.63) is 83.6 Å². The molecule has 0 spiro atoms. The summed E-state index contributed by atoms with van der Waals surface area (Å²) in [6.07, 6.45) is 1.64. The van der Waals surface area contributed by atoms with Crippen LogP contribution in [0.1, 0.15) is 23.1 Å². The van der Waals surface area contributed by atoms with Crippen molar-refractivity contribution < 1.29 is 14.3 Å². The van der Waals surface area contributed by atoms with E-state index in [1.54, 1.807) is 25.4 Å². The molecule has 0 radical (unpaired) electrons. The van der Waals surface area contributed by atoms with Crippen LogP contribution in [0.3, 0.4) is 0 Å². The van der Waals surface area contributed by atoms with Crippen LogP contribution in [-0.2, 0) is 16.1 Å². The molecule has 7 nitrogen and oxygen atoms in total. The number of ether oxygens (including phenoxy) is 1. The molecule has 3 aromatic rings. The fourth-order valence-electron chi connectivity index (χ4n) is 3.46. The maximum atomic E-state index is 13.2. The standard InChI is InChI=1S/C25H24N4O3/c1-17-8-10-18(11-9-17)15-27-23(30)16-29-24(31)14-22(19-5-3-6-20(13-19)32-2)28-21-7-4-12-26-25(21)29/h3-13H,14-16H2,1-2H3,(H,27,30). The molecule has 1 aromatic heterocycles. The summed E-state index contributed by atoms with van der Waals surface area (Å²) in [4.78, 5) is 36.3. The van der Waals surface area contributed by atoms with Crippen LogP contribution >= 0.6 is 0 Å². The highest BCUT2D eigenvalue weighted by Crippen LogP contribution is 2.31. The molecule has 4 rings (SSSR count). The van der Waals surface area contributed by atoms with Gasteiger partial charge in [-0.25, -0.2) is 9.98 Å². The molecule has 0 atom stereocenters. The average Bonchev–Trinajstić information content (AvgIpc) is 2.95. The second kappa shape index (κ2) is 9.43. The number of carbonyl (C=O) groups is 2. The van der Waals surface area contributed by atoms with E-state index in [4.69, 9.17) is 9.73 Å². The number of anilines is 1. The van der Waals surface area contributed by atoms with Crippen LogP contribution in [-0.4, -0.2) is 36.2 Å². The summed E-state index contributed by atoms with van der Waals surface area (Å²) in [5, 5.41) is 2.88. The van der Waals surface area contributed by atoms with Crippen molar-refractivity contribution in [1.82, 2.24) is 10.3 Å². The lowest BCUT2D eigenvalue weighted by atomic mass is 10.1. The SMILES string of the molecule is COc1cccc(C2=Nc3cccnc3N(CC(=O)NCc3ccc(C)cc3)C(=O)C2)c1. The molecule has 2 amide bonds. The van der Waals surface area contributed by atoms with Crippen LogP contribution in [0.4, 0.5) is 11.5 Å². The predicted molar refractivity (Wildman–Crippen MR) is 123 cm³/mol. The highest BCUT2D eigenvalue weighted by molar-refractivity contribution is 6.18. The Morgan fingerprint density at radius 3 is 2.72 bits per heavy atom. The van der Waals surface area contributed by atoms with E-state index in [0.29, 0.717) is 29.5 Å². The van der Waals surface area contributed by atoms with Crippen LogP contribution < -0.4 is 15.0 Å². The van der Waals surface area contributed by atoms with Crippen LogP contribution in [0.2, 0.25) is 0 Å². The van der Waals surface area contributed by atoms with Crippen LogP contribution in [0.25, 0.3) is 0 Å². The largest absolute Gasteiger partial charge is 0.497 e. The zero-order valence-electron chi connectivity index (χ0n) is 18.0. The number of rotatable bonds is 6. The van der Waals surface area contributed by atoms with Crippen molar-refractivity contribution in [2.24, 2.45) is 4.99 Å². The van der Waals surface area contributed by atoms with Gasteiger partial charge in [0.25, 0.3) is 0 Å². The van der Waals surface area contributed by atoms with Gasteiger partial charge >= 0.3 is 0 Å². The van der Waals surface area contributed by atoms with Gasteiger partial charge in [-0.15, -0.1) is 0 Å². The maximum Gasteiger partial charge on any atom is 0.240 e. The van der Waals surface area contributed by atoms with Gasteiger partial charge in [-0.2, -0.15) is 0 Å². The summed E-state index contributed by atoms with van der Waals surface area (Å²) in [6, 6.07) is 18.9. The van der Waals surface area contributed by atoms with E-state index in [0.717, 1.165) is 16.7 Å². The van der Waals surface area contributed by atoms with E-state index in [1.807, 2.05) is 55.5 Å². The maximum absolute atomic E-state index is 13.2. The first-order valence-corrected chi connectivity index (χ1v) is 10.3. The number of aliphatic imine (C=N–C) groups is 1. The third-order valence-corrected chi connectivity index (χ3v) is 5.21. The monoisotopic (exact) mass is 428 g/mol. The number of benzene rings is 2. The number of pyridine rings is 1. The molecule has 2 heterocycles. The molecule has 0 unspecified atom stereocenters. The first-order chi connectivity index (χ1) is 15.5. The Labute approximate surface area is 186 Å². The lowest BCUT2D eigenvalue weighted by Crippen LogP contribution is -2.41. The number of methoxy groups -OCH3 is 1. The Hall–Kier alpha value is -4.00. The average molecular weight is 428 g/mol. The summed E-state index contributed by atoms with van der Waals surface area (Å²) in [5.74, 6) is 0.552. The number of aryl methyl sites for hydroxylation is 1. The molecule has 0 bridgehead atoms. The number of hydrogen-bond donors (Lipinski definition) is 1. The second-order valence-electron chi connectivity index (χ2n) is 7.56. The molecule has 162 valence electrons. The molecule has 32 heavy (non-hydrogen) atoms. The normalized spacial score (nSPS) is 13.1. The minimum Gasteiger partial charge on any atom is -0.497 e. The summed E-state index contributed by atoms with van der Waals surface area (Å²) < 4.78 is 5.30. The minimum absolute atomic E-state index is 0.0504. The van der Waals surface area contributed by atoms with E-state index in [2.05, 4.69) is 10.3 Å². The molecule has 1 aliphatic rings. The molecule has 0 aliphatic carbocycles. The lowest BCUT2D eigenvalue weighted by molar-refractivity contribution is -0.123. The van der Waals surface area contributed by atoms with Gasteiger partial charge in [0.2, 0.25) is 11.8 Å². The van der Waals surface area contributed by atoms with E-state index < -0.39 is 0 Å². The fourth-order valence-corrected chi connectivity index (χ4v) is 3.46. The van der Waals surface area contributed by atoms with Crippen molar-refractivity contribution in [3.63, 3.8) is 0 Å². The van der Waals surface area contributed by atoms with Crippen molar-refractivity contribution in [2.45, 2.75) is 19.9 Å². The van der Waals surface area contributed by atoms with E-state index >= 15 is 0 Å². The van der Waals surface area contributed by atoms with Gasteiger partial charge in [0.1, 0.15) is 18.0 Å². The van der Waals surface area contributed by atoms with Crippen LogP contribution in [0, 0.1) is 6.92 Å². The van der Waals surface area contributed by atoms with Crippen molar-refractivity contribution in [2.75, 3.05) is 18.6 Å². The summed E-state index contributed by atoms with van der Waals surface area (Å²) >= 11 is 0. The molecule has 2 aromatic carbocycles. The highest BCUT2D eigenvalue weighted by Gasteiger charge is 2.27. The van der Waals surface area contributed by atoms with Gasteiger partial charge in [0, 0.05) is 18.3 Å². The summed E-state index contributed by atoms with van der Waals surface area (Å²) in [6.45, 7) is 2.27. The van der Waals surface area contributed by atoms with Crippen molar-refractivity contribution in [1.29, 1.82) is 0 Å². The Kier molecular flexibility index (Phi) is 6.26. The molecular formula is C25H24N4O3. The minimum atomic E-state index is -0.264. The predicted octanol–water partition coefficient (Wildman–Crippen LogP) is 3.57. The Morgan fingerprint density at radius 1 is 1.12 bits per heavy atom. The van der Waals surface area contributed by atoms with Gasteiger partial charge in [0.05, 0.1) is 19.2 Å². The molecular weight excluding hydrogens is 404 g/mol. The van der Waals surface area contributed by atoms with Gasteiger partial charge in [-0.05, 0) is 36.8 Å². The zero-order valence-corrected chi connectivity index (χ0v) is 18.0. The smallest absolute Gasteiger partial charge is 0.240 e. The quantitative estimate of drug-likeness (QED) is 0.651. The third kappa shape index (κ3) is 4.83. The molecule has 1 N–H and O–H groups in total. The van der Waals surface area contributed by atoms with Crippen molar-refractivity contribution in [3.8, 4) is 5.75 Å². The van der Waals surface area contributed by atoms with E-state index in [1.165, 1.54) is 4.90 Å². The van der Waals surface area contributed by atoms with Crippen molar-refractivity contribution >= 4 is 29.0 Å². The number of fused-ring (bicyclic) bond motifs is 1. The molecule has 1 aliphatic heterocycles. The second-order valence-corrected chi connectivity index (χ2v) is 7.56. The van der Waals surface area contributed by atoms with Crippen LogP contribution in [0.5, 0.6) is 5.75 Å². The number of nitrogens with one attached hydrogen (secondary N) is 1. The third-order valence-electron chi connectivity index (χ3n) is 5.21. The van der Waals surface area contributed by atoms with E-state index in [-0.39, 0.29) is 24.8 Å². The first kappa shape index (κ1) is 21.2. The number of nitrogens with zero attached hydrogens (tertiary/aromatic N) is 3. The Balaban J connectivity index is 1.54. The summed E-state index contributed by atoms with van der Waals surface area (Å²) in [7, 11) is 1.59. The van der Waals surface area contributed by atoms with Crippen LogP contribution in [0.15, 0.2) is 71.9 Å². The molecule has 0 saturated heterocycles.